The number of rotatable bonds is 4. The van der Waals surface area contributed by atoms with Crippen molar-refractivity contribution in [2.75, 3.05) is 19.6 Å². The highest BCUT2D eigenvalue weighted by molar-refractivity contribution is 4.92. The number of nitrogens with zero attached hydrogens (tertiary/aromatic N) is 1. The molecule has 4 unspecified atom stereocenters. The van der Waals surface area contributed by atoms with Crippen LogP contribution in [0.25, 0.3) is 0 Å². The van der Waals surface area contributed by atoms with Gasteiger partial charge in [0.2, 0.25) is 0 Å². The van der Waals surface area contributed by atoms with Crippen molar-refractivity contribution in [3.8, 4) is 0 Å². The summed E-state index contributed by atoms with van der Waals surface area (Å²) < 4.78 is 0. The molecule has 3 aliphatic rings. The highest BCUT2D eigenvalue weighted by Gasteiger charge is 2.40. The molecule has 0 aromatic heterocycles. The predicted molar refractivity (Wildman–Crippen MR) is 71.8 cm³/mol. The molecule has 2 bridgehead atoms. The molecule has 3 rings (SSSR count). The number of likely N-dealkylation sites (tertiary alicyclic amines) is 1. The summed E-state index contributed by atoms with van der Waals surface area (Å²) in [5.74, 6) is 3.22. The van der Waals surface area contributed by atoms with Crippen molar-refractivity contribution in [2.24, 2.45) is 23.5 Å². The van der Waals surface area contributed by atoms with E-state index >= 15 is 0 Å². The molecule has 1 saturated heterocycles. The topological polar surface area (TPSA) is 29.3 Å². The summed E-state index contributed by atoms with van der Waals surface area (Å²) in [6, 6.07) is 0.813. The van der Waals surface area contributed by atoms with Crippen molar-refractivity contribution in [2.45, 2.75) is 57.4 Å². The number of hydrogen-bond acceptors (Lipinski definition) is 2. The summed E-state index contributed by atoms with van der Waals surface area (Å²) >= 11 is 0. The van der Waals surface area contributed by atoms with Crippen LogP contribution in [0.3, 0.4) is 0 Å². The van der Waals surface area contributed by atoms with Crippen LogP contribution in [0.5, 0.6) is 0 Å². The number of piperidine rings is 1. The smallest absolute Gasteiger partial charge is 0.0107 e. The van der Waals surface area contributed by atoms with Crippen LogP contribution in [0, 0.1) is 17.8 Å². The molecule has 17 heavy (non-hydrogen) atoms. The van der Waals surface area contributed by atoms with Gasteiger partial charge in [0.15, 0.2) is 0 Å². The van der Waals surface area contributed by atoms with Crippen LogP contribution in [-0.2, 0) is 0 Å². The van der Waals surface area contributed by atoms with E-state index in [0.717, 1.165) is 30.3 Å². The molecule has 0 spiro atoms. The Labute approximate surface area is 106 Å². The highest BCUT2D eigenvalue weighted by atomic mass is 15.2. The third kappa shape index (κ3) is 2.53. The van der Waals surface area contributed by atoms with E-state index in [2.05, 4.69) is 4.90 Å². The van der Waals surface area contributed by atoms with Gasteiger partial charge in [0.25, 0.3) is 0 Å². The van der Waals surface area contributed by atoms with Crippen molar-refractivity contribution >= 4 is 0 Å². The van der Waals surface area contributed by atoms with Crippen molar-refractivity contribution in [1.29, 1.82) is 0 Å². The lowest BCUT2D eigenvalue weighted by Gasteiger charge is -2.39. The van der Waals surface area contributed by atoms with E-state index in [4.69, 9.17) is 5.73 Å². The molecule has 0 aromatic rings. The summed E-state index contributed by atoms with van der Waals surface area (Å²) in [5.41, 5.74) is 5.76. The molecule has 3 fully saturated rings. The number of fused-ring (bicyclic) bond motifs is 2. The van der Waals surface area contributed by atoms with Crippen LogP contribution in [-0.4, -0.2) is 30.6 Å². The lowest BCUT2D eigenvalue weighted by molar-refractivity contribution is 0.103. The number of nitrogens with two attached hydrogens (primary N) is 1. The molecule has 0 aromatic carbocycles. The Morgan fingerprint density at radius 3 is 2.71 bits per heavy atom. The second kappa shape index (κ2) is 5.27. The van der Waals surface area contributed by atoms with E-state index in [0.29, 0.717) is 0 Å². The maximum absolute atomic E-state index is 5.76. The van der Waals surface area contributed by atoms with Crippen LogP contribution < -0.4 is 5.73 Å². The largest absolute Gasteiger partial charge is 0.330 e. The molecule has 2 saturated carbocycles. The zero-order valence-corrected chi connectivity index (χ0v) is 11.1. The summed E-state index contributed by atoms with van der Waals surface area (Å²) in [6.45, 7) is 3.61. The van der Waals surface area contributed by atoms with Gasteiger partial charge in [-0.15, -0.1) is 0 Å². The standard InChI is InChI=1S/C15H28N2/c16-7-6-15-3-1-2-8-17(15)11-14-10-12-4-5-13(14)9-12/h12-15H,1-11,16H2. The Balaban J connectivity index is 1.55. The van der Waals surface area contributed by atoms with Gasteiger partial charge in [-0.2, -0.15) is 0 Å². The van der Waals surface area contributed by atoms with Crippen molar-refractivity contribution in [3.05, 3.63) is 0 Å². The van der Waals surface area contributed by atoms with E-state index in [1.54, 1.807) is 6.42 Å². The first-order chi connectivity index (χ1) is 8.36. The zero-order chi connectivity index (χ0) is 11.7. The Kier molecular flexibility index (Phi) is 3.72. The average Bonchev–Trinajstić information content (AvgIpc) is 2.94. The second-order valence-corrected chi connectivity index (χ2v) is 6.66. The van der Waals surface area contributed by atoms with Gasteiger partial charge in [-0.05, 0) is 69.4 Å². The van der Waals surface area contributed by atoms with Crippen LogP contribution in [0.15, 0.2) is 0 Å². The fourth-order valence-corrected chi connectivity index (χ4v) is 4.72. The molecule has 2 N–H and O–H groups in total. The molecule has 4 atom stereocenters. The second-order valence-electron chi connectivity index (χ2n) is 6.66. The third-order valence-electron chi connectivity index (χ3n) is 5.60. The average molecular weight is 236 g/mol. The van der Waals surface area contributed by atoms with Gasteiger partial charge in [-0.3, -0.25) is 0 Å². The van der Waals surface area contributed by atoms with Gasteiger partial charge < -0.3 is 10.6 Å². The molecule has 0 amide bonds. The molecule has 1 heterocycles. The van der Waals surface area contributed by atoms with Gasteiger partial charge in [0.05, 0.1) is 0 Å². The zero-order valence-electron chi connectivity index (χ0n) is 11.1. The highest BCUT2D eigenvalue weighted by Crippen LogP contribution is 2.48. The molecule has 98 valence electrons. The molecular formula is C15H28N2. The fourth-order valence-electron chi connectivity index (χ4n) is 4.72. The van der Waals surface area contributed by atoms with Crippen molar-refractivity contribution in [3.63, 3.8) is 0 Å². The lowest BCUT2D eigenvalue weighted by Crippen LogP contribution is -2.44. The molecule has 2 nitrogen and oxygen atoms in total. The fraction of sp³-hybridized carbons (Fsp3) is 1.00. The monoisotopic (exact) mass is 236 g/mol. The van der Waals surface area contributed by atoms with Crippen molar-refractivity contribution in [1.82, 2.24) is 4.90 Å². The van der Waals surface area contributed by atoms with Gasteiger partial charge in [0.1, 0.15) is 0 Å². The van der Waals surface area contributed by atoms with Gasteiger partial charge in [-0.1, -0.05) is 12.8 Å². The maximum Gasteiger partial charge on any atom is 0.0107 e. The molecule has 0 radical (unpaired) electrons. The normalized spacial score (nSPS) is 42.2. The van der Waals surface area contributed by atoms with E-state index in [9.17, 15) is 0 Å². The van der Waals surface area contributed by atoms with E-state index < -0.39 is 0 Å². The molecule has 2 aliphatic carbocycles. The van der Waals surface area contributed by atoms with Crippen LogP contribution in [0.4, 0.5) is 0 Å². The minimum Gasteiger partial charge on any atom is -0.330 e. The Hall–Kier alpha value is -0.0800. The van der Waals surface area contributed by atoms with E-state index in [-0.39, 0.29) is 0 Å². The van der Waals surface area contributed by atoms with E-state index in [1.165, 1.54) is 58.0 Å². The summed E-state index contributed by atoms with van der Waals surface area (Å²) in [7, 11) is 0. The first-order valence-corrected chi connectivity index (χ1v) is 7.81. The summed E-state index contributed by atoms with van der Waals surface area (Å²) in [4.78, 5) is 2.79. The van der Waals surface area contributed by atoms with Crippen molar-refractivity contribution < 1.29 is 0 Å². The summed E-state index contributed by atoms with van der Waals surface area (Å²) in [6.07, 6.45) is 11.6. The Morgan fingerprint density at radius 2 is 2.00 bits per heavy atom. The summed E-state index contributed by atoms with van der Waals surface area (Å²) in [5, 5.41) is 0. The lowest BCUT2D eigenvalue weighted by atomic mass is 9.87. The van der Waals surface area contributed by atoms with E-state index in [1.807, 2.05) is 0 Å². The van der Waals surface area contributed by atoms with Gasteiger partial charge in [-0.25, -0.2) is 0 Å². The van der Waals surface area contributed by atoms with Crippen LogP contribution in [0.2, 0.25) is 0 Å². The Bertz CT molecular complexity index is 251. The van der Waals surface area contributed by atoms with Gasteiger partial charge >= 0.3 is 0 Å². The quantitative estimate of drug-likeness (QED) is 0.813. The first-order valence-electron chi connectivity index (χ1n) is 7.81. The van der Waals surface area contributed by atoms with Crippen LogP contribution >= 0.6 is 0 Å². The van der Waals surface area contributed by atoms with Gasteiger partial charge in [0, 0.05) is 12.6 Å². The minimum atomic E-state index is 0.813. The number of hydrogen-bond donors (Lipinski definition) is 1. The molecular weight excluding hydrogens is 208 g/mol. The molecule has 2 heteroatoms. The minimum absolute atomic E-state index is 0.813. The first kappa shape index (κ1) is 12.0. The SMILES string of the molecule is NCCC1CCCCN1CC1CC2CCC1C2. The Morgan fingerprint density at radius 1 is 1.06 bits per heavy atom. The third-order valence-corrected chi connectivity index (χ3v) is 5.60. The maximum atomic E-state index is 5.76. The van der Waals surface area contributed by atoms with Crippen LogP contribution in [0.1, 0.15) is 51.4 Å². The predicted octanol–water partition coefficient (Wildman–Crippen LogP) is 2.63. The molecule has 1 aliphatic heterocycles.